The zero-order chi connectivity index (χ0) is 11.3. The largest absolute Gasteiger partial charge is 0.288 e. The molecule has 15 heavy (non-hydrogen) atoms. The Kier molecular flexibility index (Phi) is 4.26. The minimum absolute atomic E-state index is 0.0569. The average molecular weight is 229 g/mol. The maximum Gasteiger partial charge on any atom is 0.236 e. The van der Waals surface area contributed by atoms with Gasteiger partial charge in [-0.15, -0.1) is 0 Å². The maximum absolute atomic E-state index is 11.5. The molecule has 0 fully saturated rings. The standard InChI is InChI=1S/C10H15NO3S/c1-11(14-2)15(12,13)9-8-10-6-4-3-5-7-10/h3-7H,8-9H2,1-2H3. The molecule has 0 aromatic heterocycles. The molecule has 0 atom stereocenters. The van der Waals surface area contributed by atoms with Crippen LogP contribution in [0.1, 0.15) is 5.56 Å². The number of hydroxylamine groups is 1. The molecule has 1 aromatic carbocycles. The summed E-state index contributed by atoms with van der Waals surface area (Å²) in [4.78, 5) is 4.65. The van der Waals surface area contributed by atoms with Crippen LogP contribution in [-0.2, 0) is 21.3 Å². The fraction of sp³-hybridized carbons (Fsp3) is 0.400. The fourth-order valence-electron chi connectivity index (χ4n) is 1.13. The molecule has 0 unspecified atom stereocenters. The molecule has 0 spiro atoms. The summed E-state index contributed by atoms with van der Waals surface area (Å²) in [5, 5.41) is 0. The van der Waals surface area contributed by atoms with Gasteiger partial charge in [-0.05, 0) is 12.0 Å². The van der Waals surface area contributed by atoms with Crippen molar-refractivity contribution >= 4 is 10.0 Å². The topological polar surface area (TPSA) is 46.6 Å². The van der Waals surface area contributed by atoms with Crippen LogP contribution in [0.4, 0.5) is 0 Å². The molecule has 1 rings (SSSR count). The van der Waals surface area contributed by atoms with Gasteiger partial charge in [-0.2, -0.15) is 0 Å². The van der Waals surface area contributed by atoms with Gasteiger partial charge in [0.05, 0.1) is 12.9 Å². The van der Waals surface area contributed by atoms with Crippen LogP contribution in [0.2, 0.25) is 0 Å². The smallest absolute Gasteiger partial charge is 0.236 e. The lowest BCUT2D eigenvalue weighted by Crippen LogP contribution is -2.28. The van der Waals surface area contributed by atoms with Gasteiger partial charge in [-0.25, -0.2) is 8.42 Å². The van der Waals surface area contributed by atoms with Gasteiger partial charge >= 0.3 is 0 Å². The average Bonchev–Trinajstić information content (AvgIpc) is 2.27. The first-order valence-electron chi connectivity index (χ1n) is 4.61. The van der Waals surface area contributed by atoms with Gasteiger partial charge in [0.15, 0.2) is 0 Å². The second kappa shape index (κ2) is 5.25. The highest BCUT2D eigenvalue weighted by Gasteiger charge is 2.16. The molecule has 1 aromatic rings. The van der Waals surface area contributed by atoms with Gasteiger partial charge in [0.25, 0.3) is 0 Å². The number of aryl methyl sites for hydroxylation is 1. The Morgan fingerprint density at radius 2 is 1.87 bits per heavy atom. The van der Waals surface area contributed by atoms with E-state index in [4.69, 9.17) is 0 Å². The van der Waals surface area contributed by atoms with Gasteiger partial charge in [0, 0.05) is 7.05 Å². The van der Waals surface area contributed by atoms with E-state index in [1.54, 1.807) is 0 Å². The normalized spacial score (nSPS) is 11.9. The lowest BCUT2D eigenvalue weighted by Gasteiger charge is -2.13. The number of nitrogens with zero attached hydrogens (tertiary/aromatic N) is 1. The SMILES string of the molecule is CON(C)S(=O)(=O)CCc1ccccc1. The van der Waals surface area contributed by atoms with Gasteiger partial charge < -0.3 is 0 Å². The Labute approximate surface area is 90.5 Å². The number of sulfonamides is 1. The van der Waals surface area contributed by atoms with Crippen molar-refractivity contribution in [3.63, 3.8) is 0 Å². The molecule has 0 bridgehead atoms. The van der Waals surface area contributed by atoms with Crippen molar-refractivity contribution in [3.8, 4) is 0 Å². The van der Waals surface area contributed by atoms with E-state index in [-0.39, 0.29) is 5.75 Å². The molecule has 0 aliphatic rings. The van der Waals surface area contributed by atoms with E-state index in [1.807, 2.05) is 30.3 Å². The summed E-state index contributed by atoms with van der Waals surface area (Å²) in [6.07, 6.45) is 0.497. The Balaban J connectivity index is 2.58. The molecular weight excluding hydrogens is 214 g/mol. The van der Waals surface area contributed by atoms with Crippen LogP contribution in [-0.4, -0.2) is 32.8 Å². The Hall–Kier alpha value is -0.910. The van der Waals surface area contributed by atoms with Crippen molar-refractivity contribution in [1.29, 1.82) is 0 Å². The summed E-state index contributed by atoms with van der Waals surface area (Å²) in [5.74, 6) is 0.0569. The molecule has 0 saturated heterocycles. The van der Waals surface area contributed by atoms with Crippen molar-refractivity contribution in [3.05, 3.63) is 35.9 Å². The number of rotatable bonds is 5. The van der Waals surface area contributed by atoms with Crippen LogP contribution >= 0.6 is 0 Å². The van der Waals surface area contributed by atoms with Crippen molar-refractivity contribution in [2.45, 2.75) is 6.42 Å². The first kappa shape index (κ1) is 12.2. The fourth-order valence-corrected chi connectivity index (χ4v) is 2.11. The van der Waals surface area contributed by atoms with E-state index in [1.165, 1.54) is 14.2 Å². The Morgan fingerprint density at radius 1 is 1.27 bits per heavy atom. The lowest BCUT2D eigenvalue weighted by molar-refractivity contribution is -0.0257. The predicted octanol–water partition coefficient (Wildman–Crippen LogP) is 1.05. The van der Waals surface area contributed by atoms with Crippen molar-refractivity contribution in [2.75, 3.05) is 19.9 Å². The van der Waals surface area contributed by atoms with Crippen LogP contribution in [0.3, 0.4) is 0 Å². The number of benzene rings is 1. The Morgan fingerprint density at radius 3 is 2.40 bits per heavy atom. The Bertz CT molecular complexity index is 388. The minimum atomic E-state index is -3.30. The molecule has 0 N–H and O–H groups in total. The van der Waals surface area contributed by atoms with Crippen molar-refractivity contribution in [2.24, 2.45) is 0 Å². The third kappa shape index (κ3) is 3.62. The third-order valence-corrected chi connectivity index (χ3v) is 3.79. The highest BCUT2D eigenvalue weighted by molar-refractivity contribution is 7.88. The van der Waals surface area contributed by atoms with Crippen LogP contribution < -0.4 is 0 Å². The van der Waals surface area contributed by atoms with Crippen LogP contribution in [0, 0.1) is 0 Å². The van der Waals surface area contributed by atoms with E-state index < -0.39 is 10.0 Å². The predicted molar refractivity (Wildman–Crippen MR) is 58.7 cm³/mol. The second-order valence-corrected chi connectivity index (χ2v) is 5.23. The highest BCUT2D eigenvalue weighted by Crippen LogP contribution is 2.04. The van der Waals surface area contributed by atoms with E-state index in [2.05, 4.69) is 4.84 Å². The second-order valence-electron chi connectivity index (χ2n) is 3.14. The molecule has 0 aliphatic carbocycles. The quantitative estimate of drug-likeness (QED) is 0.709. The summed E-state index contributed by atoms with van der Waals surface area (Å²) >= 11 is 0. The summed E-state index contributed by atoms with van der Waals surface area (Å²) in [6, 6.07) is 9.49. The minimum Gasteiger partial charge on any atom is -0.288 e. The van der Waals surface area contributed by atoms with Crippen LogP contribution in [0.25, 0.3) is 0 Å². The number of hydrogen-bond donors (Lipinski definition) is 0. The van der Waals surface area contributed by atoms with E-state index >= 15 is 0 Å². The van der Waals surface area contributed by atoms with Crippen molar-refractivity contribution in [1.82, 2.24) is 4.47 Å². The van der Waals surface area contributed by atoms with Gasteiger partial charge in [-0.3, -0.25) is 4.84 Å². The summed E-state index contributed by atoms with van der Waals surface area (Å²) in [6.45, 7) is 0. The molecule has 4 nitrogen and oxygen atoms in total. The van der Waals surface area contributed by atoms with Crippen molar-refractivity contribution < 1.29 is 13.3 Å². The van der Waals surface area contributed by atoms with Crippen LogP contribution in [0.5, 0.6) is 0 Å². The molecule has 5 heteroatoms. The maximum atomic E-state index is 11.5. The molecule has 0 aliphatic heterocycles. The van der Waals surface area contributed by atoms with E-state index in [0.29, 0.717) is 6.42 Å². The highest BCUT2D eigenvalue weighted by atomic mass is 32.2. The van der Waals surface area contributed by atoms with E-state index in [9.17, 15) is 8.42 Å². The molecule has 0 saturated carbocycles. The zero-order valence-corrected chi connectivity index (χ0v) is 9.70. The van der Waals surface area contributed by atoms with E-state index in [0.717, 1.165) is 10.0 Å². The molecule has 0 amide bonds. The monoisotopic (exact) mass is 229 g/mol. The number of hydrogen-bond acceptors (Lipinski definition) is 3. The first-order valence-corrected chi connectivity index (χ1v) is 6.22. The van der Waals surface area contributed by atoms with Gasteiger partial charge in [0.2, 0.25) is 10.0 Å². The van der Waals surface area contributed by atoms with Gasteiger partial charge in [0.1, 0.15) is 0 Å². The van der Waals surface area contributed by atoms with Crippen LogP contribution in [0.15, 0.2) is 30.3 Å². The first-order chi connectivity index (χ1) is 7.06. The molecule has 84 valence electrons. The lowest BCUT2D eigenvalue weighted by atomic mass is 10.2. The zero-order valence-electron chi connectivity index (χ0n) is 8.88. The summed E-state index contributed by atoms with van der Waals surface area (Å²) < 4.78 is 24.0. The third-order valence-electron chi connectivity index (χ3n) is 2.14. The summed E-state index contributed by atoms with van der Waals surface area (Å²) in [5.41, 5.74) is 1.01. The molecule has 0 radical (unpaired) electrons. The summed E-state index contributed by atoms with van der Waals surface area (Å²) in [7, 11) is -0.575. The molecular formula is C10H15NO3S. The molecule has 0 heterocycles. The van der Waals surface area contributed by atoms with Gasteiger partial charge in [-0.1, -0.05) is 34.8 Å².